The second kappa shape index (κ2) is 7.57. The molecule has 0 aliphatic carbocycles. The first-order valence-corrected chi connectivity index (χ1v) is 7.66. The number of hydrogen-bond acceptors (Lipinski definition) is 3. The van der Waals surface area contributed by atoms with Crippen molar-refractivity contribution in [3.63, 3.8) is 0 Å². The number of carboxylic acid groups (broad SMARTS) is 1. The Labute approximate surface area is 126 Å². The van der Waals surface area contributed by atoms with E-state index >= 15 is 0 Å². The first kappa shape index (κ1) is 16.0. The molecule has 4 heteroatoms. The number of hydrogen-bond donors (Lipinski definition) is 1. The minimum Gasteiger partial charge on any atom is -0.481 e. The van der Waals surface area contributed by atoms with Gasteiger partial charge in [-0.3, -0.25) is 9.69 Å². The largest absolute Gasteiger partial charge is 0.481 e. The number of carbonyl (C=O) groups is 1. The molecule has 116 valence electrons. The van der Waals surface area contributed by atoms with E-state index in [0.717, 1.165) is 32.5 Å². The van der Waals surface area contributed by atoms with E-state index in [9.17, 15) is 4.79 Å². The van der Waals surface area contributed by atoms with Gasteiger partial charge in [0.05, 0.1) is 19.1 Å². The molecule has 0 atom stereocenters. The van der Waals surface area contributed by atoms with Crippen molar-refractivity contribution in [3.8, 4) is 0 Å². The average molecular weight is 291 g/mol. The van der Waals surface area contributed by atoms with Crippen molar-refractivity contribution >= 4 is 5.97 Å². The molecule has 1 heterocycles. The molecule has 0 bridgehead atoms. The van der Waals surface area contributed by atoms with Crippen molar-refractivity contribution in [1.82, 2.24) is 4.90 Å². The van der Waals surface area contributed by atoms with Crippen LogP contribution in [0.15, 0.2) is 18.2 Å². The van der Waals surface area contributed by atoms with Crippen LogP contribution in [0.5, 0.6) is 0 Å². The lowest BCUT2D eigenvalue weighted by Gasteiger charge is -2.32. The molecule has 1 N–H and O–H groups in total. The number of carboxylic acids is 1. The number of aliphatic carboxylic acids is 1. The SMILES string of the molecule is Cc1cc(C)cc(CN2CCC(OCCC(=O)O)CC2)c1. The monoisotopic (exact) mass is 291 g/mol. The summed E-state index contributed by atoms with van der Waals surface area (Å²) in [5.41, 5.74) is 4.01. The van der Waals surface area contributed by atoms with Crippen LogP contribution in [0.25, 0.3) is 0 Å². The van der Waals surface area contributed by atoms with Gasteiger partial charge < -0.3 is 9.84 Å². The zero-order valence-corrected chi connectivity index (χ0v) is 13.0. The molecule has 1 aliphatic rings. The highest BCUT2D eigenvalue weighted by Crippen LogP contribution is 2.18. The molecule has 2 rings (SSSR count). The van der Waals surface area contributed by atoms with Crippen molar-refractivity contribution in [2.45, 2.75) is 45.8 Å². The van der Waals surface area contributed by atoms with E-state index in [1.54, 1.807) is 0 Å². The van der Waals surface area contributed by atoms with Crippen LogP contribution in [-0.4, -0.2) is 41.8 Å². The third-order valence-electron chi connectivity index (χ3n) is 3.89. The van der Waals surface area contributed by atoms with Crippen LogP contribution in [0.3, 0.4) is 0 Å². The van der Waals surface area contributed by atoms with Gasteiger partial charge in [-0.05, 0) is 32.3 Å². The second-order valence-electron chi connectivity index (χ2n) is 5.99. The molecule has 1 aromatic carbocycles. The summed E-state index contributed by atoms with van der Waals surface area (Å²) in [7, 11) is 0. The fraction of sp³-hybridized carbons (Fsp3) is 0.588. The highest BCUT2D eigenvalue weighted by Gasteiger charge is 2.19. The Morgan fingerprint density at radius 1 is 1.24 bits per heavy atom. The normalized spacial score (nSPS) is 17.0. The molecule has 0 spiro atoms. The van der Waals surface area contributed by atoms with Gasteiger partial charge in [0.25, 0.3) is 0 Å². The molecule has 0 unspecified atom stereocenters. The predicted octanol–water partition coefficient (Wildman–Crippen LogP) is 2.76. The van der Waals surface area contributed by atoms with Gasteiger partial charge in [-0.25, -0.2) is 0 Å². The molecule has 0 radical (unpaired) electrons. The summed E-state index contributed by atoms with van der Waals surface area (Å²) in [5, 5.41) is 8.61. The zero-order valence-electron chi connectivity index (χ0n) is 13.0. The first-order valence-electron chi connectivity index (χ1n) is 7.66. The Hall–Kier alpha value is -1.39. The van der Waals surface area contributed by atoms with E-state index in [2.05, 4.69) is 36.9 Å². The van der Waals surface area contributed by atoms with Gasteiger partial charge in [0.2, 0.25) is 0 Å². The number of ether oxygens (including phenoxy) is 1. The molecular formula is C17H25NO3. The maximum atomic E-state index is 10.5. The molecule has 0 aromatic heterocycles. The van der Waals surface area contributed by atoms with Crippen molar-refractivity contribution in [3.05, 3.63) is 34.9 Å². The summed E-state index contributed by atoms with van der Waals surface area (Å²) >= 11 is 0. The number of piperidine rings is 1. The van der Waals surface area contributed by atoms with E-state index < -0.39 is 5.97 Å². The van der Waals surface area contributed by atoms with Crippen molar-refractivity contribution in [1.29, 1.82) is 0 Å². The molecule has 4 nitrogen and oxygen atoms in total. The summed E-state index contributed by atoms with van der Waals surface area (Å²) < 4.78 is 5.62. The van der Waals surface area contributed by atoms with Gasteiger partial charge >= 0.3 is 5.97 Å². The first-order chi connectivity index (χ1) is 10.0. The molecule has 1 aromatic rings. The molecule has 0 saturated carbocycles. The molecule has 1 aliphatic heterocycles. The van der Waals surface area contributed by atoms with Crippen LogP contribution >= 0.6 is 0 Å². The Kier molecular flexibility index (Phi) is 5.76. The standard InChI is InChI=1S/C17H25NO3/c1-13-9-14(2)11-15(10-13)12-18-6-3-16(4-7-18)21-8-5-17(19)20/h9-11,16H,3-8,12H2,1-2H3,(H,19,20). The molecular weight excluding hydrogens is 266 g/mol. The van der Waals surface area contributed by atoms with Gasteiger partial charge in [-0.1, -0.05) is 29.3 Å². The van der Waals surface area contributed by atoms with Crippen LogP contribution < -0.4 is 0 Å². The minimum atomic E-state index is -0.790. The van der Waals surface area contributed by atoms with Crippen LogP contribution in [0.4, 0.5) is 0 Å². The second-order valence-corrected chi connectivity index (χ2v) is 5.99. The van der Waals surface area contributed by atoms with E-state index in [1.165, 1.54) is 16.7 Å². The van der Waals surface area contributed by atoms with Crippen molar-refractivity contribution < 1.29 is 14.6 Å². The summed E-state index contributed by atoms with van der Waals surface area (Å²) in [5.74, 6) is -0.790. The lowest BCUT2D eigenvalue weighted by Crippen LogP contribution is -2.36. The highest BCUT2D eigenvalue weighted by atomic mass is 16.5. The Morgan fingerprint density at radius 2 is 1.86 bits per heavy atom. The van der Waals surface area contributed by atoms with Gasteiger partial charge in [-0.2, -0.15) is 0 Å². The fourth-order valence-corrected chi connectivity index (χ4v) is 2.97. The summed E-state index contributed by atoms with van der Waals surface area (Å²) in [6, 6.07) is 6.71. The quantitative estimate of drug-likeness (QED) is 0.875. The Balaban J connectivity index is 1.75. The maximum absolute atomic E-state index is 10.5. The fourth-order valence-electron chi connectivity index (χ4n) is 2.97. The van der Waals surface area contributed by atoms with E-state index in [0.29, 0.717) is 6.61 Å². The number of likely N-dealkylation sites (tertiary alicyclic amines) is 1. The van der Waals surface area contributed by atoms with Gasteiger partial charge in [0, 0.05) is 19.6 Å². The lowest BCUT2D eigenvalue weighted by atomic mass is 10.0. The van der Waals surface area contributed by atoms with Gasteiger partial charge in [0.1, 0.15) is 0 Å². The topological polar surface area (TPSA) is 49.8 Å². The number of rotatable bonds is 6. The maximum Gasteiger partial charge on any atom is 0.305 e. The van der Waals surface area contributed by atoms with Crippen LogP contribution in [-0.2, 0) is 16.1 Å². The van der Waals surface area contributed by atoms with Crippen molar-refractivity contribution in [2.24, 2.45) is 0 Å². The smallest absolute Gasteiger partial charge is 0.305 e. The lowest BCUT2D eigenvalue weighted by molar-refractivity contribution is -0.138. The zero-order chi connectivity index (χ0) is 15.2. The Morgan fingerprint density at radius 3 is 2.43 bits per heavy atom. The van der Waals surface area contributed by atoms with Gasteiger partial charge in [-0.15, -0.1) is 0 Å². The van der Waals surface area contributed by atoms with Crippen molar-refractivity contribution in [2.75, 3.05) is 19.7 Å². The summed E-state index contributed by atoms with van der Waals surface area (Å²) in [6.45, 7) is 7.63. The average Bonchev–Trinajstić information content (AvgIpc) is 2.39. The summed E-state index contributed by atoms with van der Waals surface area (Å²) in [4.78, 5) is 12.9. The molecule has 0 amide bonds. The molecule has 1 saturated heterocycles. The third kappa shape index (κ3) is 5.48. The number of nitrogens with zero attached hydrogens (tertiary/aromatic N) is 1. The number of aryl methyl sites for hydroxylation is 2. The minimum absolute atomic E-state index is 0.1000. The van der Waals surface area contributed by atoms with Crippen LogP contribution in [0, 0.1) is 13.8 Å². The highest BCUT2D eigenvalue weighted by molar-refractivity contribution is 5.66. The predicted molar refractivity (Wildman–Crippen MR) is 82.4 cm³/mol. The summed E-state index contributed by atoms with van der Waals surface area (Å²) in [6.07, 6.45) is 2.30. The number of benzene rings is 1. The molecule has 1 fully saturated rings. The van der Waals surface area contributed by atoms with E-state index in [-0.39, 0.29) is 12.5 Å². The Bertz CT molecular complexity index is 459. The van der Waals surface area contributed by atoms with Crippen LogP contribution in [0.2, 0.25) is 0 Å². The molecule has 21 heavy (non-hydrogen) atoms. The van der Waals surface area contributed by atoms with E-state index in [4.69, 9.17) is 9.84 Å². The van der Waals surface area contributed by atoms with Gasteiger partial charge in [0.15, 0.2) is 0 Å². The van der Waals surface area contributed by atoms with E-state index in [1.807, 2.05) is 0 Å². The van der Waals surface area contributed by atoms with Crippen LogP contribution in [0.1, 0.15) is 36.0 Å². The third-order valence-corrected chi connectivity index (χ3v) is 3.89.